The third kappa shape index (κ3) is 3.16. The van der Waals surface area contributed by atoms with Crippen LogP contribution >= 0.6 is 22.9 Å². The van der Waals surface area contributed by atoms with Crippen molar-refractivity contribution in [2.75, 3.05) is 5.32 Å². The summed E-state index contributed by atoms with van der Waals surface area (Å²) in [7, 11) is 0. The summed E-state index contributed by atoms with van der Waals surface area (Å²) >= 11 is 7.19. The molecule has 1 aliphatic heterocycles. The molecule has 1 atom stereocenters. The number of carbonyl (C=O) groups is 2. The highest BCUT2D eigenvalue weighted by atomic mass is 35.5. The van der Waals surface area contributed by atoms with Gasteiger partial charge in [0.05, 0.1) is 5.69 Å². The minimum absolute atomic E-state index is 0.0129. The molecule has 4 rings (SSSR count). The first-order valence-corrected chi connectivity index (χ1v) is 9.45. The highest BCUT2D eigenvalue weighted by Gasteiger charge is 2.35. The fraction of sp³-hybridized carbons (Fsp3) is 0.100. The monoisotopic (exact) mass is 419 g/mol. The molecule has 8 heteroatoms. The molecule has 0 radical (unpaired) electrons. The van der Waals surface area contributed by atoms with Crippen LogP contribution in [0.3, 0.4) is 0 Å². The maximum atomic E-state index is 13.7. The van der Waals surface area contributed by atoms with Crippen molar-refractivity contribution in [2.45, 2.75) is 12.3 Å². The number of halogens is 3. The van der Waals surface area contributed by atoms with Gasteiger partial charge in [0.15, 0.2) is 0 Å². The molecular formula is C20H12ClF2NO3S. The van der Waals surface area contributed by atoms with E-state index in [1.54, 1.807) is 6.07 Å². The van der Waals surface area contributed by atoms with E-state index in [4.69, 9.17) is 11.6 Å². The van der Waals surface area contributed by atoms with E-state index in [9.17, 15) is 23.5 Å². The van der Waals surface area contributed by atoms with Gasteiger partial charge in [0.2, 0.25) is 5.91 Å². The third-order valence-electron chi connectivity index (χ3n) is 4.55. The van der Waals surface area contributed by atoms with Gasteiger partial charge in [-0.3, -0.25) is 4.79 Å². The minimum atomic E-state index is -1.18. The van der Waals surface area contributed by atoms with E-state index < -0.39 is 23.5 Å². The fourth-order valence-corrected chi connectivity index (χ4v) is 4.93. The number of carboxylic acid groups (broad SMARTS) is 1. The van der Waals surface area contributed by atoms with Gasteiger partial charge >= 0.3 is 5.97 Å². The van der Waals surface area contributed by atoms with Crippen LogP contribution in [0.25, 0.3) is 11.1 Å². The number of rotatable bonds is 3. The lowest BCUT2D eigenvalue weighted by molar-refractivity contribution is -0.116. The molecule has 0 fully saturated rings. The lowest BCUT2D eigenvalue weighted by Gasteiger charge is -2.24. The van der Waals surface area contributed by atoms with Crippen molar-refractivity contribution < 1.29 is 23.5 Å². The van der Waals surface area contributed by atoms with Gasteiger partial charge in [0.25, 0.3) is 0 Å². The molecule has 28 heavy (non-hydrogen) atoms. The first kappa shape index (κ1) is 18.6. The number of hydrogen-bond acceptors (Lipinski definition) is 3. The molecule has 3 aromatic rings. The summed E-state index contributed by atoms with van der Waals surface area (Å²) in [6, 6.07) is 9.41. The van der Waals surface area contributed by atoms with Crippen molar-refractivity contribution >= 4 is 40.5 Å². The molecule has 0 saturated carbocycles. The topological polar surface area (TPSA) is 66.4 Å². The van der Waals surface area contributed by atoms with Gasteiger partial charge < -0.3 is 10.4 Å². The molecule has 2 heterocycles. The number of nitrogens with one attached hydrogen (secondary N) is 1. The normalized spacial score (nSPS) is 15.8. The van der Waals surface area contributed by atoms with Crippen molar-refractivity contribution in [3.63, 3.8) is 0 Å². The summed E-state index contributed by atoms with van der Waals surface area (Å²) in [6.45, 7) is 0. The van der Waals surface area contributed by atoms with Gasteiger partial charge in [-0.2, -0.15) is 0 Å². The number of anilines is 1. The molecule has 0 saturated heterocycles. The molecule has 1 unspecified atom stereocenters. The van der Waals surface area contributed by atoms with Gasteiger partial charge in [-0.05, 0) is 35.4 Å². The number of carbonyl (C=O) groups excluding carboxylic acids is 1. The van der Waals surface area contributed by atoms with Crippen LogP contribution in [0.2, 0.25) is 5.02 Å². The van der Waals surface area contributed by atoms with E-state index in [2.05, 4.69) is 5.32 Å². The lowest BCUT2D eigenvalue weighted by atomic mass is 9.88. The maximum Gasteiger partial charge on any atom is 0.346 e. The average Bonchev–Trinajstić information content (AvgIpc) is 3.01. The zero-order valence-corrected chi connectivity index (χ0v) is 15.7. The van der Waals surface area contributed by atoms with Crippen molar-refractivity contribution in [3.8, 4) is 11.1 Å². The van der Waals surface area contributed by atoms with Gasteiger partial charge in [-0.25, -0.2) is 13.6 Å². The van der Waals surface area contributed by atoms with Crippen molar-refractivity contribution in [1.82, 2.24) is 0 Å². The summed E-state index contributed by atoms with van der Waals surface area (Å²) in [5, 5.41) is 12.6. The van der Waals surface area contributed by atoms with Crippen LogP contribution < -0.4 is 5.32 Å². The molecule has 4 nitrogen and oxygen atoms in total. The standard InChI is InChI=1S/C20H12ClF2NO3S/c21-14-7-11(23)4-5-12(14)13-8-15(25)24-17-16(9-2-1-3-10(22)6-9)19(20(26)27)28-18(13)17/h1-7,13H,8H2,(H,24,25)(H,26,27). The minimum Gasteiger partial charge on any atom is -0.477 e. The van der Waals surface area contributed by atoms with E-state index in [-0.39, 0.29) is 27.8 Å². The zero-order valence-electron chi connectivity index (χ0n) is 14.1. The van der Waals surface area contributed by atoms with Gasteiger partial charge in [0, 0.05) is 27.8 Å². The number of fused-ring (bicyclic) bond motifs is 1. The van der Waals surface area contributed by atoms with Crippen LogP contribution in [-0.2, 0) is 4.79 Å². The smallest absolute Gasteiger partial charge is 0.346 e. The second kappa shape index (κ2) is 7.00. The Morgan fingerprint density at radius 2 is 1.93 bits per heavy atom. The summed E-state index contributed by atoms with van der Waals surface area (Å²) < 4.78 is 27.2. The molecule has 2 aromatic carbocycles. The van der Waals surface area contributed by atoms with Gasteiger partial charge in [-0.1, -0.05) is 29.8 Å². The SMILES string of the molecule is O=C1CC(c2ccc(F)cc2Cl)c2sc(C(=O)O)c(-c3cccc(F)c3)c2N1. The Balaban J connectivity index is 1.96. The zero-order chi connectivity index (χ0) is 20.0. The molecule has 1 amide bonds. The van der Waals surface area contributed by atoms with Gasteiger partial charge in [0.1, 0.15) is 16.5 Å². The van der Waals surface area contributed by atoms with Gasteiger partial charge in [-0.15, -0.1) is 11.3 Å². The van der Waals surface area contributed by atoms with Crippen molar-refractivity contribution in [2.24, 2.45) is 0 Å². The second-order valence-corrected chi connectivity index (χ2v) is 7.79. The maximum absolute atomic E-state index is 13.7. The number of hydrogen-bond donors (Lipinski definition) is 2. The van der Waals surface area contributed by atoms with E-state index in [0.29, 0.717) is 21.7 Å². The molecule has 0 bridgehead atoms. The number of carboxylic acids is 1. The number of benzene rings is 2. The summed E-state index contributed by atoms with van der Waals surface area (Å²) in [6.07, 6.45) is 0.0422. The summed E-state index contributed by atoms with van der Waals surface area (Å²) in [5.74, 6) is -3.06. The number of aromatic carboxylic acids is 1. The predicted molar refractivity (Wildman–Crippen MR) is 103 cm³/mol. The quantitative estimate of drug-likeness (QED) is 0.587. The van der Waals surface area contributed by atoms with Crippen LogP contribution in [0.5, 0.6) is 0 Å². The molecule has 1 aliphatic rings. The molecule has 2 N–H and O–H groups in total. The van der Waals surface area contributed by atoms with Crippen LogP contribution in [-0.4, -0.2) is 17.0 Å². The first-order chi connectivity index (χ1) is 13.3. The molecule has 0 spiro atoms. The highest BCUT2D eigenvalue weighted by Crippen LogP contribution is 2.50. The van der Waals surface area contributed by atoms with E-state index >= 15 is 0 Å². The largest absolute Gasteiger partial charge is 0.477 e. The van der Waals surface area contributed by atoms with E-state index in [1.807, 2.05) is 0 Å². The molecule has 142 valence electrons. The Bertz CT molecular complexity index is 1130. The molecule has 1 aromatic heterocycles. The van der Waals surface area contributed by atoms with Crippen LogP contribution in [0.15, 0.2) is 42.5 Å². The van der Waals surface area contributed by atoms with Crippen LogP contribution in [0, 0.1) is 11.6 Å². The number of thiophene rings is 1. The molecule has 0 aliphatic carbocycles. The predicted octanol–water partition coefficient (Wildman–Crippen LogP) is 5.52. The molecular weight excluding hydrogens is 408 g/mol. The lowest BCUT2D eigenvalue weighted by Crippen LogP contribution is -2.22. The second-order valence-electron chi connectivity index (χ2n) is 6.33. The van der Waals surface area contributed by atoms with Crippen LogP contribution in [0.4, 0.5) is 14.5 Å². The van der Waals surface area contributed by atoms with E-state index in [0.717, 1.165) is 17.4 Å². The summed E-state index contributed by atoms with van der Waals surface area (Å²) in [4.78, 5) is 24.8. The van der Waals surface area contributed by atoms with E-state index in [1.165, 1.54) is 30.3 Å². The van der Waals surface area contributed by atoms with Crippen LogP contribution in [0.1, 0.15) is 32.5 Å². The average molecular weight is 420 g/mol. The Morgan fingerprint density at radius 1 is 1.18 bits per heavy atom. The van der Waals surface area contributed by atoms with Crippen molar-refractivity contribution in [3.05, 3.63) is 74.4 Å². The Kier molecular flexibility index (Phi) is 4.64. The third-order valence-corrected chi connectivity index (χ3v) is 6.17. The first-order valence-electron chi connectivity index (χ1n) is 8.26. The Morgan fingerprint density at radius 3 is 2.61 bits per heavy atom. The Labute approximate surface area is 167 Å². The van der Waals surface area contributed by atoms with Crippen molar-refractivity contribution in [1.29, 1.82) is 0 Å². The number of amides is 1. The fourth-order valence-electron chi connectivity index (χ4n) is 3.39. The summed E-state index contributed by atoms with van der Waals surface area (Å²) in [5.41, 5.74) is 1.46. The Hall–Kier alpha value is -2.77. The highest BCUT2D eigenvalue weighted by molar-refractivity contribution is 7.15.